The van der Waals surface area contributed by atoms with Crippen molar-refractivity contribution in [2.75, 3.05) is 13.1 Å². The third kappa shape index (κ3) is 2.51. The first-order chi connectivity index (χ1) is 9.26. The second kappa shape index (κ2) is 5.27. The predicted octanol–water partition coefficient (Wildman–Crippen LogP) is 3.76. The van der Waals surface area contributed by atoms with E-state index >= 15 is 0 Å². The molecule has 0 radical (unpaired) electrons. The number of alkyl halides is 6. The van der Waals surface area contributed by atoms with Gasteiger partial charge in [0.1, 0.15) is 0 Å². The third-order valence-electron chi connectivity index (χ3n) is 3.58. The lowest BCUT2D eigenvalue weighted by atomic mass is 9.91. The molecule has 1 aliphatic rings. The maximum absolute atomic E-state index is 13.8. The molecule has 0 amide bonds. The van der Waals surface area contributed by atoms with Crippen LogP contribution >= 0.6 is 0 Å². The predicted molar refractivity (Wildman–Crippen MR) is 61.5 cm³/mol. The summed E-state index contributed by atoms with van der Waals surface area (Å²) < 4.78 is 76.6. The van der Waals surface area contributed by atoms with Gasteiger partial charge in [0.05, 0.1) is 0 Å². The molecule has 0 aliphatic carbocycles. The summed E-state index contributed by atoms with van der Waals surface area (Å²) in [6.07, 6.45) is -9.01. The van der Waals surface area contributed by atoms with Crippen molar-refractivity contribution in [1.82, 2.24) is 5.32 Å². The molecule has 1 N–H and O–H groups in total. The van der Waals surface area contributed by atoms with Gasteiger partial charge in [0.2, 0.25) is 0 Å². The molecule has 2 unspecified atom stereocenters. The average Bonchev–Trinajstić information content (AvgIpc) is 2.90. The molecule has 0 spiro atoms. The van der Waals surface area contributed by atoms with Gasteiger partial charge < -0.3 is 5.32 Å². The van der Waals surface area contributed by atoms with E-state index in [9.17, 15) is 26.3 Å². The van der Waals surface area contributed by atoms with Crippen LogP contribution in [0.25, 0.3) is 0 Å². The van der Waals surface area contributed by atoms with Crippen LogP contribution in [-0.4, -0.2) is 25.7 Å². The second-order valence-corrected chi connectivity index (χ2v) is 4.82. The Hall–Kier alpha value is -1.24. The Kier molecular flexibility index (Phi) is 4.00. The summed E-state index contributed by atoms with van der Waals surface area (Å²) in [5.74, 6) is 0.121. The number of hydrogen-bond donors (Lipinski definition) is 1. The van der Waals surface area contributed by atoms with Gasteiger partial charge in [0, 0.05) is 12.1 Å². The van der Waals surface area contributed by atoms with Gasteiger partial charge in [-0.1, -0.05) is 24.3 Å². The zero-order chi connectivity index (χ0) is 15.0. The summed E-state index contributed by atoms with van der Waals surface area (Å²) >= 11 is 0. The van der Waals surface area contributed by atoms with Crippen molar-refractivity contribution in [3.05, 3.63) is 35.4 Å². The Morgan fingerprint density at radius 2 is 1.65 bits per heavy atom. The fourth-order valence-electron chi connectivity index (χ4n) is 2.35. The molecule has 112 valence electrons. The molecule has 1 aromatic carbocycles. The molecule has 1 fully saturated rings. The molecule has 1 aromatic rings. The minimum absolute atomic E-state index is 0.121. The highest BCUT2D eigenvalue weighted by Gasteiger charge is 2.63. The molecular weight excluding hydrogens is 284 g/mol. The first kappa shape index (κ1) is 15.2. The summed E-state index contributed by atoms with van der Waals surface area (Å²) in [6.45, 7) is 1.47. The van der Waals surface area contributed by atoms with Crippen molar-refractivity contribution in [3.63, 3.8) is 0 Å². The van der Waals surface area contributed by atoms with Gasteiger partial charge in [-0.2, -0.15) is 13.2 Å². The molecule has 2 rings (SSSR count). The lowest BCUT2D eigenvalue weighted by Crippen LogP contribution is -2.44. The van der Waals surface area contributed by atoms with Crippen LogP contribution in [-0.2, 0) is 5.67 Å². The standard InChI is InChI=1S/C13H13F6N/c14-11(15)12(16,13(17,18)19)10-3-1-8(2-4-10)9-5-6-20-7-9/h1-4,9,11,20H,5-7H2. The van der Waals surface area contributed by atoms with Gasteiger partial charge >= 0.3 is 6.18 Å². The van der Waals surface area contributed by atoms with E-state index in [2.05, 4.69) is 5.32 Å². The second-order valence-electron chi connectivity index (χ2n) is 4.82. The number of rotatable bonds is 3. The maximum atomic E-state index is 13.8. The summed E-state index contributed by atoms with van der Waals surface area (Å²) in [5, 5.41) is 3.08. The molecule has 0 aromatic heterocycles. The lowest BCUT2D eigenvalue weighted by molar-refractivity contribution is -0.274. The van der Waals surface area contributed by atoms with Crippen LogP contribution in [0.5, 0.6) is 0 Å². The van der Waals surface area contributed by atoms with Crippen molar-refractivity contribution in [2.24, 2.45) is 0 Å². The van der Waals surface area contributed by atoms with E-state index in [1.807, 2.05) is 0 Å². The zero-order valence-electron chi connectivity index (χ0n) is 10.4. The highest BCUT2D eigenvalue weighted by atomic mass is 19.4. The molecular formula is C13H13F6N. The Bertz CT molecular complexity index is 449. The Balaban J connectivity index is 2.31. The minimum Gasteiger partial charge on any atom is -0.316 e. The summed E-state index contributed by atoms with van der Waals surface area (Å²) in [4.78, 5) is 0. The minimum atomic E-state index is -5.66. The van der Waals surface area contributed by atoms with Crippen molar-refractivity contribution in [1.29, 1.82) is 0 Å². The van der Waals surface area contributed by atoms with Crippen LogP contribution in [0, 0.1) is 0 Å². The van der Waals surface area contributed by atoms with Crippen molar-refractivity contribution in [3.8, 4) is 0 Å². The lowest BCUT2D eigenvalue weighted by Gasteiger charge is -2.27. The van der Waals surface area contributed by atoms with Crippen molar-refractivity contribution >= 4 is 0 Å². The van der Waals surface area contributed by atoms with Crippen LogP contribution in [0.15, 0.2) is 24.3 Å². The zero-order valence-corrected chi connectivity index (χ0v) is 10.4. The number of halogens is 6. The molecule has 1 aliphatic heterocycles. The fourth-order valence-corrected chi connectivity index (χ4v) is 2.35. The van der Waals surface area contributed by atoms with Crippen LogP contribution in [0.4, 0.5) is 26.3 Å². The molecule has 0 bridgehead atoms. The molecule has 0 saturated carbocycles. The number of nitrogens with one attached hydrogen (secondary N) is 1. The molecule has 7 heteroatoms. The first-order valence-corrected chi connectivity index (χ1v) is 6.11. The van der Waals surface area contributed by atoms with E-state index in [4.69, 9.17) is 0 Å². The van der Waals surface area contributed by atoms with Gasteiger partial charge in [-0.25, -0.2) is 13.2 Å². The third-order valence-corrected chi connectivity index (χ3v) is 3.58. The summed E-state index contributed by atoms with van der Waals surface area (Å²) in [5.41, 5.74) is -4.97. The largest absolute Gasteiger partial charge is 0.432 e. The van der Waals surface area contributed by atoms with Crippen LogP contribution < -0.4 is 5.32 Å². The Labute approximate surface area is 112 Å². The van der Waals surface area contributed by atoms with Crippen LogP contribution in [0.2, 0.25) is 0 Å². The SMILES string of the molecule is FC(F)C(F)(c1ccc(C2CCNC2)cc1)C(F)(F)F. The topological polar surface area (TPSA) is 12.0 Å². The molecule has 1 saturated heterocycles. The van der Waals surface area contributed by atoms with Gasteiger partial charge in [-0.15, -0.1) is 0 Å². The van der Waals surface area contributed by atoms with E-state index in [1.54, 1.807) is 0 Å². The van der Waals surface area contributed by atoms with Gasteiger partial charge in [-0.3, -0.25) is 0 Å². The molecule has 20 heavy (non-hydrogen) atoms. The fraction of sp³-hybridized carbons (Fsp3) is 0.538. The number of benzene rings is 1. The quantitative estimate of drug-likeness (QED) is 0.838. The van der Waals surface area contributed by atoms with Crippen LogP contribution in [0.1, 0.15) is 23.5 Å². The smallest absolute Gasteiger partial charge is 0.316 e. The Morgan fingerprint density at radius 1 is 1.05 bits per heavy atom. The summed E-state index contributed by atoms with van der Waals surface area (Å²) in [6, 6.07) is 4.17. The van der Waals surface area contributed by atoms with Gasteiger partial charge in [-0.05, 0) is 24.4 Å². The molecule has 1 nitrogen and oxygen atoms in total. The monoisotopic (exact) mass is 297 g/mol. The normalized spacial score (nSPS) is 23.1. The average molecular weight is 297 g/mol. The van der Waals surface area contributed by atoms with Crippen molar-refractivity contribution in [2.45, 2.75) is 30.6 Å². The highest BCUT2D eigenvalue weighted by molar-refractivity contribution is 5.31. The van der Waals surface area contributed by atoms with Crippen molar-refractivity contribution < 1.29 is 26.3 Å². The Morgan fingerprint density at radius 3 is 2.05 bits per heavy atom. The van der Waals surface area contributed by atoms with E-state index in [-0.39, 0.29) is 5.92 Å². The van der Waals surface area contributed by atoms with Crippen LogP contribution in [0.3, 0.4) is 0 Å². The molecule has 1 heterocycles. The maximum Gasteiger partial charge on any atom is 0.432 e. The molecule has 2 atom stereocenters. The van der Waals surface area contributed by atoms with E-state index in [0.29, 0.717) is 6.54 Å². The van der Waals surface area contributed by atoms with E-state index in [1.165, 1.54) is 12.1 Å². The summed E-state index contributed by atoms with van der Waals surface area (Å²) in [7, 11) is 0. The van der Waals surface area contributed by atoms with Gasteiger partial charge in [0.15, 0.2) is 0 Å². The number of hydrogen-bond acceptors (Lipinski definition) is 1. The van der Waals surface area contributed by atoms with E-state index < -0.39 is 23.8 Å². The van der Waals surface area contributed by atoms with Gasteiger partial charge in [0.25, 0.3) is 12.1 Å². The highest BCUT2D eigenvalue weighted by Crippen LogP contribution is 2.47. The first-order valence-electron chi connectivity index (χ1n) is 6.11. The van der Waals surface area contributed by atoms with E-state index in [0.717, 1.165) is 30.7 Å².